The molecule has 0 aliphatic carbocycles. The molecule has 52 heavy (non-hydrogen) atoms. The molecule has 11 aromatic rings. The average molecular weight is 661 g/mol. The van der Waals surface area contributed by atoms with Crippen LogP contribution in [-0.4, -0.2) is 9.13 Å². The average Bonchev–Trinajstić information content (AvgIpc) is 3.73. The smallest absolute Gasteiger partial charge is 0.0547 e. The van der Waals surface area contributed by atoms with Gasteiger partial charge in [0.25, 0.3) is 0 Å². The van der Waals surface area contributed by atoms with Gasteiger partial charge in [-0.05, 0) is 104 Å². The fourth-order valence-electron chi connectivity index (χ4n) is 8.61. The second-order valence-corrected chi connectivity index (χ2v) is 13.7. The zero-order valence-electron chi connectivity index (χ0n) is 28.4. The van der Waals surface area contributed by atoms with E-state index in [2.05, 4.69) is 203 Å². The fraction of sp³-hybridized carbons (Fsp3) is 0. The Morgan fingerprint density at radius 3 is 1.58 bits per heavy atom. The van der Waals surface area contributed by atoms with Gasteiger partial charge in [-0.1, -0.05) is 133 Å². The van der Waals surface area contributed by atoms with Gasteiger partial charge in [0.05, 0.1) is 22.1 Å². The van der Waals surface area contributed by atoms with Crippen molar-refractivity contribution in [3.63, 3.8) is 0 Å². The Hall–Kier alpha value is -6.90. The lowest BCUT2D eigenvalue weighted by Crippen LogP contribution is -1.93. The molecule has 2 heterocycles. The van der Waals surface area contributed by atoms with Crippen LogP contribution in [0.1, 0.15) is 0 Å². The van der Waals surface area contributed by atoms with Crippen LogP contribution >= 0.6 is 0 Å². The number of para-hydroxylation sites is 3. The molecular weight excluding hydrogens is 629 g/mol. The highest BCUT2D eigenvalue weighted by molar-refractivity contribution is 6.21. The molecule has 11 rings (SSSR count). The van der Waals surface area contributed by atoms with E-state index in [0.717, 1.165) is 5.69 Å². The Balaban J connectivity index is 1.18. The van der Waals surface area contributed by atoms with Crippen molar-refractivity contribution >= 4 is 65.2 Å². The van der Waals surface area contributed by atoms with Crippen LogP contribution in [0.25, 0.3) is 98.8 Å². The molecule has 0 saturated carbocycles. The van der Waals surface area contributed by atoms with Crippen LogP contribution < -0.4 is 0 Å². The summed E-state index contributed by atoms with van der Waals surface area (Å²) in [5.41, 5.74) is 12.1. The van der Waals surface area contributed by atoms with Crippen molar-refractivity contribution in [2.75, 3.05) is 0 Å². The molecule has 0 radical (unpaired) electrons. The molecule has 2 nitrogen and oxygen atoms in total. The SMILES string of the molecule is c1ccc(-n2c3ccccc3c3cc(-c4ccc5c(c4)c4c(-c6cccc7c6ccc6ccccc67)cccc4n5-c4ccccc4)ccc32)cc1. The quantitative estimate of drug-likeness (QED) is 0.166. The molecule has 0 spiro atoms. The van der Waals surface area contributed by atoms with Crippen molar-refractivity contribution in [3.8, 4) is 33.6 Å². The first-order chi connectivity index (χ1) is 25.8. The third-order valence-electron chi connectivity index (χ3n) is 10.9. The lowest BCUT2D eigenvalue weighted by Gasteiger charge is -2.12. The van der Waals surface area contributed by atoms with Gasteiger partial charge in [0.15, 0.2) is 0 Å². The van der Waals surface area contributed by atoms with E-state index >= 15 is 0 Å². The Morgan fingerprint density at radius 2 is 0.808 bits per heavy atom. The highest BCUT2D eigenvalue weighted by atomic mass is 15.0. The lowest BCUT2D eigenvalue weighted by atomic mass is 9.92. The van der Waals surface area contributed by atoms with Crippen LogP contribution in [0, 0.1) is 0 Å². The number of hydrogen-bond donors (Lipinski definition) is 0. The Kier molecular flexibility index (Phi) is 6.28. The number of nitrogens with zero attached hydrogens (tertiary/aromatic N) is 2. The van der Waals surface area contributed by atoms with Gasteiger partial charge in [-0.2, -0.15) is 0 Å². The third-order valence-corrected chi connectivity index (χ3v) is 10.9. The first kappa shape index (κ1) is 28.9. The minimum absolute atomic E-state index is 1.16. The van der Waals surface area contributed by atoms with Crippen molar-refractivity contribution in [2.24, 2.45) is 0 Å². The van der Waals surface area contributed by atoms with Crippen molar-refractivity contribution < 1.29 is 0 Å². The highest BCUT2D eigenvalue weighted by Crippen LogP contribution is 2.43. The number of aromatic nitrogens is 2. The third kappa shape index (κ3) is 4.25. The summed E-state index contributed by atoms with van der Waals surface area (Å²) in [6, 6.07) is 71.0. The van der Waals surface area contributed by atoms with Gasteiger partial charge in [-0.15, -0.1) is 0 Å². The first-order valence-electron chi connectivity index (χ1n) is 17.9. The van der Waals surface area contributed by atoms with E-state index in [1.807, 2.05) is 0 Å². The maximum absolute atomic E-state index is 2.43. The second-order valence-electron chi connectivity index (χ2n) is 13.7. The molecule has 2 aromatic heterocycles. The van der Waals surface area contributed by atoms with Crippen molar-refractivity contribution in [2.45, 2.75) is 0 Å². The standard InChI is InChI=1S/C50H32N2/c1-3-14-36(15-4-1)51-46-23-10-9-19-42(46)44-31-34(26-29-47(44)51)35-27-30-48-45(32-35)50-43(22-12-24-49(50)52(48)37-16-5-2-6-17-37)40-21-11-20-39-38-18-8-7-13-33(38)25-28-41(39)40/h1-32H. The number of rotatable bonds is 4. The molecule has 0 amide bonds. The van der Waals surface area contributed by atoms with E-state index in [4.69, 9.17) is 0 Å². The molecule has 0 N–H and O–H groups in total. The predicted octanol–water partition coefficient (Wildman–Crippen LogP) is 13.5. The molecule has 2 heteroatoms. The Morgan fingerprint density at radius 1 is 0.269 bits per heavy atom. The summed E-state index contributed by atoms with van der Waals surface area (Å²) in [5.74, 6) is 0. The summed E-state index contributed by atoms with van der Waals surface area (Å²) in [7, 11) is 0. The fourth-order valence-corrected chi connectivity index (χ4v) is 8.61. The van der Waals surface area contributed by atoms with Crippen molar-refractivity contribution in [3.05, 3.63) is 194 Å². The summed E-state index contributed by atoms with van der Waals surface area (Å²) in [6.07, 6.45) is 0. The minimum Gasteiger partial charge on any atom is -0.309 e. The number of fused-ring (bicyclic) bond motifs is 9. The Labute approximate surface area is 301 Å². The zero-order chi connectivity index (χ0) is 34.2. The maximum Gasteiger partial charge on any atom is 0.0547 e. The molecule has 0 saturated heterocycles. The van der Waals surface area contributed by atoms with E-state index < -0.39 is 0 Å². The van der Waals surface area contributed by atoms with Gasteiger partial charge < -0.3 is 9.13 Å². The predicted molar refractivity (Wildman–Crippen MR) is 221 cm³/mol. The van der Waals surface area contributed by atoms with Gasteiger partial charge in [0.2, 0.25) is 0 Å². The van der Waals surface area contributed by atoms with Gasteiger partial charge in [0.1, 0.15) is 0 Å². The van der Waals surface area contributed by atoms with Crippen LogP contribution in [0.3, 0.4) is 0 Å². The summed E-state index contributed by atoms with van der Waals surface area (Å²) in [6.45, 7) is 0. The largest absolute Gasteiger partial charge is 0.309 e. The first-order valence-corrected chi connectivity index (χ1v) is 17.9. The minimum atomic E-state index is 1.16. The van der Waals surface area contributed by atoms with Crippen molar-refractivity contribution in [1.82, 2.24) is 9.13 Å². The summed E-state index contributed by atoms with van der Waals surface area (Å²) in [4.78, 5) is 0. The monoisotopic (exact) mass is 660 g/mol. The van der Waals surface area contributed by atoms with Crippen molar-refractivity contribution in [1.29, 1.82) is 0 Å². The van der Waals surface area contributed by atoms with Crippen LogP contribution in [0.4, 0.5) is 0 Å². The molecule has 0 bridgehead atoms. The molecular formula is C50H32N2. The molecule has 0 atom stereocenters. The number of hydrogen-bond acceptors (Lipinski definition) is 0. The highest BCUT2D eigenvalue weighted by Gasteiger charge is 2.19. The number of benzene rings is 9. The van der Waals surface area contributed by atoms with Crippen LogP contribution in [-0.2, 0) is 0 Å². The van der Waals surface area contributed by atoms with E-state index in [1.54, 1.807) is 0 Å². The Bertz CT molecular complexity index is 3160. The van der Waals surface area contributed by atoms with Gasteiger partial charge in [-0.25, -0.2) is 0 Å². The molecule has 9 aromatic carbocycles. The molecule has 0 aliphatic heterocycles. The molecule has 0 unspecified atom stereocenters. The molecule has 0 fully saturated rings. The van der Waals surface area contributed by atoms with Crippen LogP contribution in [0.5, 0.6) is 0 Å². The van der Waals surface area contributed by atoms with E-state index in [-0.39, 0.29) is 0 Å². The van der Waals surface area contributed by atoms with Crippen LogP contribution in [0.2, 0.25) is 0 Å². The van der Waals surface area contributed by atoms with Gasteiger partial charge in [0, 0.05) is 32.9 Å². The van der Waals surface area contributed by atoms with Gasteiger partial charge >= 0.3 is 0 Å². The molecule has 242 valence electrons. The normalized spacial score (nSPS) is 11.8. The van der Waals surface area contributed by atoms with Gasteiger partial charge in [-0.3, -0.25) is 0 Å². The van der Waals surface area contributed by atoms with Crippen LogP contribution in [0.15, 0.2) is 194 Å². The topological polar surface area (TPSA) is 9.86 Å². The summed E-state index contributed by atoms with van der Waals surface area (Å²) in [5, 5.41) is 10.1. The zero-order valence-corrected chi connectivity index (χ0v) is 28.4. The second kappa shape index (κ2) is 11.3. The van der Waals surface area contributed by atoms with E-state index in [0.29, 0.717) is 0 Å². The summed E-state index contributed by atoms with van der Waals surface area (Å²) >= 11 is 0. The van der Waals surface area contributed by atoms with E-state index in [9.17, 15) is 0 Å². The lowest BCUT2D eigenvalue weighted by molar-refractivity contribution is 1.18. The molecule has 0 aliphatic rings. The maximum atomic E-state index is 2.43. The summed E-state index contributed by atoms with van der Waals surface area (Å²) < 4.78 is 4.81. The van der Waals surface area contributed by atoms with E-state index in [1.165, 1.54) is 93.1 Å².